The van der Waals surface area contributed by atoms with Gasteiger partial charge in [-0.15, -0.1) is 11.6 Å². The highest BCUT2D eigenvalue weighted by Gasteiger charge is 2.06. The first-order valence-electron chi connectivity index (χ1n) is 1.69. The summed E-state index contributed by atoms with van der Waals surface area (Å²) in [6, 6.07) is -0.705. The average molecular weight is 142 g/mol. The Bertz CT molecular complexity index is 75.3. The van der Waals surface area contributed by atoms with Crippen molar-refractivity contribution in [3.63, 3.8) is 0 Å². The molecule has 1 unspecified atom stereocenters. The van der Waals surface area contributed by atoms with Gasteiger partial charge in [0.15, 0.2) is 0 Å². The Labute approximate surface area is 51.6 Å². The third kappa shape index (κ3) is 2.85. The van der Waals surface area contributed by atoms with Gasteiger partial charge in [0.05, 0.1) is 6.04 Å². The summed E-state index contributed by atoms with van der Waals surface area (Å²) in [5, 5.41) is -0.588. The molecular weight excluding hydrogens is 137 g/mol. The Kier molecular flexibility index (Phi) is 3.34. The van der Waals surface area contributed by atoms with Gasteiger partial charge < -0.3 is 5.73 Å². The summed E-state index contributed by atoms with van der Waals surface area (Å²) in [5.74, 6) is 0.0856. The van der Waals surface area contributed by atoms with Crippen LogP contribution in [0.4, 0.5) is 0 Å². The van der Waals surface area contributed by atoms with Crippen LogP contribution in [0, 0.1) is 0 Å². The molecule has 0 aromatic heterocycles. The molecule has 4 heteroatoms. The summed E-state index contributed by atoms with van der Waals surface area (Å²) in [4.78, 5) is 9.93. The largest absolute Gasteiger partial charge is 0.319 e. The number of nitrogens with two attached hydrogens (primary N) is 1. The van der Waals surface area contributed by atoms with Gasteiger partial charge in [-0.1, -0.05) is 0 Å². The van der Waals surface area contributed by atoms with Gasteiger partial charge in [0.2, 0.25) is 5.24 Å². The number of carbonyl (C=O) groups is 1. The Morgan fingerprint density at radius 3 is 2.29 bits per heavy atom. The molecule has 2 nitrogen and oxygen atoms in total. The van der Waals surface area contributed by atoms with E-state index in [9.17, 15) is 4.79 Å². The molecule has 0 aromatic carbocycles. The summed E-state index contributed by atoms with van der Waals surface area (Å²) >= 11 is 10.00. The normalized spacial score (nSPS) is 13.6. The van der Waals surface area contributed by atoms with Crippen molar-refractivity contribution >= 4 is 28.4 Å². The third-order valence-electron chi connectivity index (χ3n) is 0.458. The van der Waals surface area contributed by atoms with Crippen LogP contribution in [0.2, 0.25) is 0 Å². The van der Waals surface area contributed by atoms with Crippen molar-refractivity contribution in [1.29, 1.82) is 0 Å². The van der Waals surface area contributed by atoms with Gasteiger partial charge in [-0.2, -0.15) is 0 Å². The first-order valence-corrected chi connectivity index (χ1v) is 2.60. The number of rotatable bonds is 2. The van der Waals surface area contributed by atoms with E-state index < -0.39 is 11.3 Å². The van der Waals surface area contributed by atoms with Crippen LogP contribution in [-0.2, 0) is 4.79 Å². The SMILES string of the molecule is NC(CCl)C(=O)Cl. The highest BCUT2D eigenvalue weighted by molar-refractivity contribution is 6.65. The molecule has 0 spiro atoms. The second-order valence-corrected chi connectivity index (χ2v) is 1.75. The highest BCUT2D eigenvalue weighted by atomic mass is 35.5. The predicted molar refractivity (Wildman–Crippen MR) is 29.6 cm³/mol. The van der Waals surface area contributed by atoms with E-state index in [1.807, 2.05) is 0 Å². The number of hydrogen-bond donors (Lipinski definition) is 1. The minimum atomic E-state index is -0.705. The molecule has 0 rings (SSSR count). The second kappa shape index (κ2) is 3.24. The molecule has 7 heavy (non-hydrogen) atoms. The number of hydrogen-bond acceptors (Lipinski definition) is 2. The molecule has 0 saturated heterocycles. The van der Waals surface area contributed by atoms with Crippen LogP contribution >= 0.6 is 23.2 Å². The summed E-state index contributed by atoms with van der Waals surface area (Å²) in [7, 11) is 0. The van der Waals surface area contributed by atoms with Gasteiger partial charge in [0.25, 0.3) is 0 Å². The fourth-order valence-electron chi connectivity index (χ4n) is 0.0607. The summed E-state index contributed by atoms with van der Waals surface area (Å²) in [5.41, 5.74) is 5.00. The topological polar surface area (TPSA) is 43.1 Å². The quantitative estimate of drug-likeness (QED) is 0.445. The van der Waals surface area contributed by atoms with Crippen molar-refractivity contribution in [3.05, 3.63) is 0 Å². The first kappa shape index (κ1) is 7.21. The van der Waals surface area contributed by atoms with Gasteiger partial charge >= 0.3 is 0 Å². The van der Waals surface area contributed by atoms with Crippen LogP contribution in [-0.4, -0.2) is 17.2 Å². The molecule has 0 fully saturated rings. The number of halogens is 2. The molecular formula is C3H5Cl2NO. The van der Waals surface area contributed by atoms with E-state index in [0.29, 0.717) is 0 Å². The molecule has 0 aliphatic carbocycles. The van der Waals surface area contributed by atoms with Crippen molar-refractivity contribution in [2.24, 2.45) is 5.73 Å². The maximum Gasteiger partial charge on any atom is 0.239 e. The fourth-order valence-corrected chi connectivity index (χ4v) is 0.357. The summed E-state index contributed by atoms with van der Waals surface area (Å²) in [6.45, 7) is 0. The number of carbonyl (C=O) groups excluding carboxylic acids is 1. The Morgan fingerprint density at radius 1 is 1.86 bits per heavy atom. The average Bonchev–Trinajstić information content (AvgIpc) is 1.65. The predicted octanol–water partition coefficient (Wildman–Crippen LogP) is 0.318. The van der Waals surface area contributed by atoms with Gasteiger partial charge in [-0.05, 0) is 11.6 Å². The first-order chi connectivity index (χ1) is 3.18. The molecule has 1 atom stereocenters. The van der Waals surface area contributed by atoms with Crippen molar-refractivity contribution in [3.8, 4) is 0 Å². The molecule has 0 radical (unpaired) electrons. The molecule has 0 saturated carbocycles. The van der Waals surface area contributed by atoms with E-state index >= 15 is 0 Å². The van der Waals surface area contributed by atoms with Crippen LogP contribution in [0.15, 0.2) is 0 Å². The van der Waals surface area contributed by atoms with Crippen LogP contribution in [0.1, 0.15) is 0 Å². The Hall–Kier alpha value is 0.210. The van der Waals surface area contributed by atoms with Crippen molar-refractivity contribution in [2.45, 2.75) is 6.04 Å². The van der Waals surface area contributed by atoms with Crippen LogP contribution < -0.4 is 5.73 Å². The van der Waals surface area contributed by atoms with Crippen molar-refractivity contribution in [2.75, 3.05) is 5.88 Å². The minimum absolute atomic E-state index is 0.0856. The number of alkyl halides is 1. The van der Waals surface area contributed by atoms with E-state index in [1.54, 1.807) is 0 Å². The minimum Gasteiger partial charge on any atom is -0.319 e. The highest BCUT2D eigenvalue weighted by Crippen LogP contribution is 1.88. The Morgan fingerprint density at radius 2 is 2.29 bits per heavy atom. The standard InChI is InChI=1S/C3H5Cl2NO/c4-1-2(6)3(5)7/h2H,1,6H2. The third-order valence-corrected chi connectivity index (χ3v) is 1.07. The van der Waals surface area contributed by atoms with Crippen LogP contribution in [0.5, 0.6) is 0 Å². The van der Waals surface area contributed by atoms with E-state index in [4.69, 9.17) is 28.9 Å². The molecule has 42 valence electrons. The summed E-state index contributed by atoms with van der Waals surface area (Å²) < 4.78 is 0. The fraction of sp³-hybridized carbons (Fsp3) is 0.667. The lowest BCUT2D eigenvalue weighted by molar-refractivity contribution is -0.112. The van der Waals surface area contributed by atoms with Crippen molar-refractivity contribution < 1.29 is 4.79 Å². The van der Waals surface area contributed by atoms with E-state index in [0.717, 1.165) is 0 Å². The zero-order chi connectivity index (χ0) is 5.86. The van der Waals surface area contributed by atoms with Gasteiger partial charge in [0, 0.05) is 5.88 Å². The molecule has 0 bridgehead atoms. The van der Waals surface area contributed by atoms with Gasteiger partial charge in [0.1, 0.15) is 0 Å². The molecule has 2 N–H and O–H groups in total. The molecule has 0 heterocycles. The van der Waals surface area contributed by atoms with Crippen LogP contribution in [0.25, 0.3) is 0 Å². The van der Waals surface area contributed by atoms with E-state index in [-0.39, 0.29) is 5.88 Å². The molecule has 0 amide bonds. The lowest BCUT2D eigenvalue weighted by atomic mass is 10.4. The maximum atomic E-state index is 9.93. The molecule has 0 aromatic rings. The van der Waals surface area contributed by atoms with E-state index in [2.05, 4.69) is 0 Å². The van der Waals surface area contributed by atoms with E-state index in [1.165, 1.54) is 0 Å². The lowest BCUT2D eigenvalue weighted by Gasteiger charge is -1.95. The van der Waals surface area contributed by atoms with Crippen LogP contribution in [0.3, 0.4) is 0 Å². The second-order valence-electron chi connectivity index (χ2n) is 1.06. The van der Waals surface area contributed by atoms with Gasteiger partial charge in [-0.3, -0.25) is 4.79 Å². The lowest BCUT2D eigenvalue weighted by Crippen LogP contribution is -2.28. The zero-order valence-electron chi connectivity index (χ0n) is 3.53. The van der Waals surface area contributed by atoms with Gasteiger partial charge in [-0.25, -0.2) is 0 Å². The monoisotopic (exact) mass is 141 g/mol. The Balaban J connectivity index is 3.34. The maximum absolute atomic E-state index is 9.93. The van der Waals surface area contributed by atoms with Crippen molar-refractivity contribution in [1.82, 2.24) is 0 Å². The summed E-state index contributed by atoms with van der Waals surface area (Å²) in [6.07, 6.45) is 0. The smallest absolute Gasteiger partial charge is 0.239 e. The molecule has 0 aliphatic rings. The zero-order valence-corrected chi connectivity index (χ0v) is 5.04. The molecule has 0 aliphatic heterocycles.